The number of amides is 1. The topological polar surface area (TPSA) is 63.5 Å². The maximum Gasteiger partial charge on any atom is 0.287 e. The van der Waals surface area contributed by atoms with E-state index in [1.807, 2.05) is 6.92 Å². The van der Waals surface area contributed by atoms with Gasteiger partial charge in [-0.25, -0.2) is 0 Å². The van der Waals surface area contributed by atoms with Crippen molar-refractivity contribution in [2.45, 2.75) is 27.2 Å². The number of rotatable bonds is 6. The van der Waals surface area contributed by atoms with E-state index in [2.05, 4.69) is 13.8 Å². The van der Waals surface area contributed by atoms with Crippen molar-refractivity contribution < 1.29 is 9.72 Å². The number of carbonyl (C=O) groups excluding carboxylic acids is 1. The van der Waals surface area contributed by atoms with Gasteiger partial charge in [-0.3, -0.25) is 14.9 Å². The van der Waals surface area contributed by atoms with Gasteiger partial charge in [0.25, 0.3) is 11.6 Å². The van der Waals surface area contributed by atoms with Crippen LogP contribution in [-0.2, 0) is 0 Å². The third-order valence-electron chi connectivity index (χ3n) is 3.29. The van der Waals surface area contributed by atoms with Crippen molar-refractivity contribution in [1.29, 1.82) is 0 Å². The number of nitro groups is 1. The third-order valence-corrected chi connectivity index (χ3v) is 3.59. The lowest BCUT2D eigenvalue weighted by Crippen LogP contribution is -2.34. The molecule has 0 aromatic heterocycles. The Hall–Kier alpha value is -1.62. The van der Waals surface area contributed by atoms with Crippen molar-refractivity contribution in [3.05, 3.63) is 38.9 Å². The SMILES string of the molecule is CCC(C)CN(CC)C(=O)c1ccc([N+](=O)[O-])c(Cl)c1. The molecule has 0 aliphatic carbocycles. The van der Waals surface area contributed by atoms with Crippen molar-refractivity contribution in [3.8, 4) is 0 Å². The summed E-state index contributed by atoms with van der Waals surface area (Å²) in [6.07, 6.45) is 0.991. The van der Waals surface area contributed by atoms with Crippen LogP contribution in [0.3, 0.4) is 0 Å². The van der Waals surface area contributed by atoms with Crippen LogP contribution in [-0.4, -0.2) is 28.8 Å². The van der Waals surface area contributed by atoms with Gasteiger partial charge in [-0.2, -0.15) is 0 Å². The zero-order chi connectivity index (χ0) is 15.3. The van der Waals surface area contributed by atoms with Crippen LogP contribution < -0.4 is 0 Å². The summed E-state index contributed by atoms with van der Waals surface area (Å²) in [5, 5.41) is 10.7. The van der Waals surface area contributed by atoms with Crippen LogP contribution in [0.5, 0.6) is 0 Å². The van der Waals surface area contributed by atoms with Crippen LogP contribution in [0.1, 0.15) is 37.6 Å². The second kappa shape index (κ2) is 7.24. The predicted octanol–water partition coefficient (Wildman–Crippen LogP) is 3.76. The summed E-state index contributed by atoms with van der Waals surface area (Å²) in [6.45, 7) is 7.33. The van der Waals surface area contributed by atoms with Gasteiger partial charge in [0.2, 0.25) is 0 Å². The van der Waals surface area contributed by atoms with Crippen molar-refractivity contribution in [3.63, 3.8) is 0 Å². The summed E-state index contributed by atoms with van der Waals surface area (Å²) in [7, 11) is 0. The van der Waals surface area contributed by atoms with Gasteiger partial charge in [0.05, 0.1) is 4.92 Å². The van der Waals surface area contributed by atoms with Crippen LogP contribution >= 0.6 is 11.6 Å². The Balaban J connectivity index is 2.95. The summed E-state index contributed by atoms with van der Waals surface area (Å²) in [5.41, 5.74) is 0.193. The number of hydrogen-bond donors (Lipinski definition) is 0. The molecule has 1 rings (SSSR count). The molecule has 0 saturated heterocycles. The van der Waals surface area contributed by atoms with Crippen LogP contribution in [0.15, 0.2) is 18.2 Å². The molecular weight excluding hydrogens is 280 g/mol. The largest absolute Gasteiger partial charge is 0.339 e. The third kappa shape index (κ3) is 3.93. The molecule has 1 aromatic carbocycles. The zero-order valence-electron chi connectivity index (χ0n) is 11.9. The number of hydrogen-bond acceptors (Lipinski definition) is 3. The van der Waals surface area contributed by atoms with E-state index in [4.69, 9.17) is 11.6 Å². The highest BCUT2D eigenvalue weighted by atomic mass is 35.5. The number of benzene rings is 1. The molecule has 0 N–H and O–H groups in total. The monoisotopic (exact) mass is 298 g/mol. The number of nitro benzene ring substituents is 1. The molecule has 0 aliphatic rings. The summed E-state index contributed by atoms with van der Waals surface area (Å²) < 4.78 is 0. The molecule has 5 nitrogen and oxygen atoms in total. The first-order valence-electron chi connectivity index (χ1n) is 6.63. The first-order chi connectivity index (χ1) is 9.40. The summed E-state index contributed by atoms with van der Waals surface area (Å²) in [4.78, 5) is 24.2. The fraction of sp³-hybridized carbons (Fsp3) is 0.500. The smallest absolute Gasteiger partial charge is 0.287 e. The zero-order valence-corrected chi connectivity index (χ0v) is 12.7. The Morgan fingerprint density at radius 3 is 2.55 bits per heavy atom. The van der Waals surface area contributed by atoms with Gasteiger partial charge in [-0.05, 0) is 25.0 Å². The molecule has 20 heavy (non-hydrogen) atoms. The molecule has 1 atom stereocenters. The van der Waals surface area contributed by atoms with Gasteiger partial charge >= 0.3 is 0 Å². The Bertz CT molecular complexity index is 505. The summed E-state index contributed by atoms with van der Waals surface area (Å²) in [6, 6.07) is 4.08. The van der Waals surface area contributed by atoms with E-state index >= 15 is 0 Å². The van der Waals surface area contributed by atoms with Crippen LogP contribution in [0.2, 0.25) is 5.02 Å². The Kier molecular flexibility index (Phi) is 5.95. The number of nitrogens with zero attached hydrogens (tertiary/aromatic N) is 2. The predicted molar refractivity (Wildman–Crippen MR) is 79.1 cm³/mol. The summed E-state index contributed by atoms with van der Waals surface area (Å²) in [5.74, 6) is 0.261. The maximum absolute atomic E-state index is 12.4. The molecule has 0 saturated carbocycles. The minimum atomic E-state index is -0.562. The van der Waals surface area contributed by atoms with Crippen molar-refractivity contribution in [1.82, 2.24) is 4.90 Å². The highest BCUT2D eigenvalue weighted by Crippen LogP contribution is 2.25. The van der Waals surface area contributed by atoms with Crippen LogP contribution in [0.25, 0.3) is 0 Å². The fourth-order valence-electron chi connectivity index (χ4n) is 1.83. The van der Waals surface area contributed by atoms with E-state index in [9.17, 15) is 14.9 Å². The fourth-order valence-corrected chi connectivity index (χ4v) is 2.08. The van der Waals surface area contributed by atoms with Crippen LogP contribution in [0, 0.1) is 16.0 Å². The lowest BCUT2D eigenvalue weighted by Gasteiger charge is -2.24. The highest BCUT2D eigenvalue weighted by Gasteiger charge is 2.19. The molecule has 110 valence electrons. The van der Waals surface area contributed by atoms with Crippen LogP contribution in [0.4, 0.5) is 5.69 Å². The molecule has 0 heterocycles. The van der Waals surface area contributed by atoms with E-state index in [-0.39, 0.29) is 16.6 Å². The van der Waals surface area contributed by atoms with E-state index in [1.165, 1.54) is 18.2 Å². The van der Waals surface area contributed by atoms with E-state index < -0.39 is 4.92 Å². The molecule has 0 bridgehead atoms. The Morgan fingerprint density at radius 1 is 1.45 bits per heavy atom. The van der Waals surface area contributed by atoms with Gasteiger partial charge in [0.1, 0.15) is 5.02 Å². The lowest BCUT2D eigenvalue weighted by molar-refractivity contribution is -0.384. The molecule has 6 heteroatoms. The molecule has 0 aliphatic heterocycles. The average Bonchev–Trinajstić information content (AvgIpc) is 2.43. The van der Waals surface area contributed by atoms with Gasteiger partial charge in [0.15, 0.2) is 0 Å². The Morgan fingerprint density at radius 2 is 2.10 bits per heavy atom. The van der Waals surface area contributed by atoms with E-state index in [0.717, 1.165) is 6.42 Å². The minimum Gasteiger partial charge on any atom is -0.339 e. The molecule has 0 radical (unpaired) electrons. The highest BCUT2D eigenvalue weighted by molar-refractivity contribution is 6.33. The quantitative estimate of drug-likeness (QED) is 0.593. The van der Waals surface area contributed by atoms with E-state index in [1.54, 1.807) is 4.90 Å². The van der Waals surface area contributed by atoms with Gasteiger partial charge in [-0.15, -0.1) is 0 Å². The molecule has 0 fully saturated rings. The average molecular weight is 299 g/mol. The second-order valence-corrected chi connectivity index (χ2v) is 5.19. The van der Waals surface area contributed by atoms with E-state index in [0.29, 0.717) is 24.6 Å². The molecular formula is C14H19ClN2O3. The molecule has 1 amide bonds. The van der Waals surface area contributed by atoms with Gasteiger partial charge < -0.3 is 4.90 Å². The first kappa shape index (κ1) is 16.4. The Labute approximate surface area is 123 Å². The summed E-state index contributed by atoms with van der Waals surface area (Å²) >= 11 is 5.84. The minimum absolute atomic E-state index is 0.0135. The normalized spacial score (nSPS) is 12.0. The number of carbonyl (C=O) groups is 1. The van der Waals surface area contributed by atoms with Gasteiger partial charge in [-0.1, -0.05) is 31.9 Å². The maximum atomic E-state index is 12.4. The molecule has 1 aromatic rings. The van der Waals surface area contributed by atoms with Crippen molar-refractivity contribution >= 4 is 23.2 Å². The van der Waals surface area contributed by atoms with Crippen molar-refractivity contribution in [2.75, 3.05) is 13.1 Å². The molecule has 1 unspecified atom stereocenters. The molecule has 0 spiro atoms. The van der Waals surface area contributed by atoms with Gasteiger partial charge in [0, 0.05) is 24.7 Å². The van der Waals surface area contributed by atoms with Crippen molar-refractivity contribution in [2.24, 2.45) is 5.92 Å². The standard InChI is InChI=1S/C14H19ClN2O3/c1-4-10(3)9-16(5-2)14(18)11-6-7-13(17(19)20)12(15)8-11/h6-8,10H,4-5,9H2,1-3H3. The second-order valence-electron chi connectivity index (χ2n) is 4.78. The number of halogens is 1. The lowest BCUT2D eigenvalue weighted by atomic mass is 10.1. The first-order valence-corrected chi connectivity index (χ1v) is 7.01.